The van der Waals surface area contributed by atoms with Crippen molar-refractivity contribution < 1.29 is 13.2 Å². The van der Waals surface area contributed by atoms with Crippen molar-refractivity contribution in [1.29, 1.82) is 0 Å². The third-order valence-electron chi connectivity index (χ3n) is 2.62. The maximum Gasteiger partial charge on any atom is 0.417 e. The number of nitrogens with two attached hydrogens (primary N) is 1. The van der Waals surface area contributed by atoms with Crippen LogP contribution in [0.2, 0.25) is 0 Å². The number of rotatable bonds is 2. The van der Waals surface area contributed by atoms with Crippen molar-refractivity contribution in [2.24, 2.45) is 0 Å². The number of pyridine rings is 1. The summed E-state index contributed by atoms with van der Waals surface area (Å²) in [4.78, 5) is 3.74. The summed E-state index contributed by atoms with van der Waals surface area (Å²) in [6.45, 7) is 1.87. The molecule has 1 aromatic carbocycles. The minimum absolute atomic E-state index is 0.335. The molecule has 100 valence electrons. The van der Waals surface area contributed by atoms with Gasteiger partial charge in [-0.3, -0.25) is 0 Å². The van der Waals surface area contributed by atoms with Gasteiger partial charge in [0, 0.05) is 17.6 Å². The van der Waals surface area contributed by atoms with E-state index >= 15 is 0 Å². The lowest BCUT2D eigenvalue weighted by atomic mass is 10.2. The molecule has 2 rings (SSSR count). The van der Waals surface area contributed by atoms with Crippen molar-refractivity contribution in [2.45, 2.75) is 13.1 Å². The number of hydrogen-bond acceptors (Lipinski definition) is 3. The fourth-order valence-corrected chi connectivity index (χ4v) is 1.55. The molecule has 0 aliphatic rings. The van der Waals surface area contributed by atoms with Crippen LogP contribution in [0, 0.1) is 6.92 Å². The molecule has 0 bridgehead atoms. The number of aromatic nitrogens is 1. The number of nitrogens with zero attached hydrogens (tertiary/aromatic N) is 1. The van der Waals surface area contributed by atoms with E-state index < -0.39 is 11.7 Å². The minimum atomic E-state index is -4.38. The van der Waals surface area contributed by atoms with E-state index in [1.807, 2.05) is 13.0 Å². The van der Waals surface area contributed by atoms with Crippen molar-refractivity contribution in [3.05, 3.63) is 47.7 Å². The first-order valence-electron chi connectivity index (χ1n) is 5.52. The van der Waals surface area contributed by atoms with Gasteiger partial charge in [0.1, 0.15) is 5.82 Å². The molecule has 0 aliphatic heterocycles. The molecular formula is C13H12F3N3. The van der Waals surface area contributed by atoms with E-state index in [9.17, 15) is 13.2 Å². The highest BCUT2D eigenvalue weighted by molar-refractivity contribution is 5.65. The van der Waals surface area contributed by atoms with Crippen LogP contribution >= 0.6 is 0 Å². The molecule has 0 saturated carbocycles. The van der Waals surface area contributed by atoms with Crippen molar-refractivity contribution in [1.82, 2.24) is 4.98 Å². The summed E-state index contributed by atoms with van der Waals surface area (Å²) in [5.41, 5.74) is 7.09. The van der Waals surface area contributed by atoms with Gasteiger partial charge in [-0.25, -0.2) is 4.98 Å². The summed E-state index contributed by atoms with van der Waals surface area (Å²) in [7, 11) is 0. The Labute approximate surface area is 108 Å². The minimum Gasteiger partial charge on any atom is -0.399 e. The number of alkyl halides is 3. The van der Waals surface area contributed by atoms with E-state index in [4.69, 9.17) is 5.73 Å². The number of halogens is 3. The second-order valence-electron chi connectivity index (χ2n) is 4.13. The van der Waals surface area contributed by atoms with E-state index in [1.165, 1.54) is 6.07 Å². The van der Waals surface area contributed by atoms with Crippen molar-refractivity contribution in [2.75, 3.05) is 11.1 Å². The molecule has 0 aliphatic carbocycles. The van der Waals surface area contributed by atoms with Gasteiger partial charge in [-0.05, 0) is 36.8 Å². The normalized spacial score (nSPS) is 11.4. The van der Waals surface area contributed by atoms with Gasteiger partial charge in [0.15, 0.2) is 0 Å². The molecule has 19 heavy (non-hydrogen) atoms. The Bertz CT molecular complexity index is 577. The lowest BCUT2D eigenvalue weighted by Gasteiger charge is -2.11. The van der Waals surface area contributed by atoms with Gasteiger partial charge in [0.05, 0.1) is 5.56 Å². The summed E-state index contributed by atoms with van der Waals surface area (Å²) in [6.07, 6.45) is -3.58. The molecule has 0 unspecified atom stereocenters. The fraction of sp³-hybridized carbons (Fsp3) is 0.154. The van der Waals surface area contributed by atoms with Gasteiger partial charge in [0.25, 0.3) is 0 Å². The van der Waals surface area contributed by atoms with Crippen LogP contribution in [0.1, 0.15) is 11.1 Å². The van der Waals surface area contributed by atoms with Crippen LogP contribution in [0.5, 0.6) is 0 Å². The van der Waals surface area contributed by atoms with Crippen LogP contribution < -0.4 is 11.1 Å². The Morgan fingerprint density at radius 3 is 2.47 bits per heavy atom. The fourth-order valence-electron chi connectivity index (χ4n) is 1.55. The maximum atomic E-state index is 12.4. The molecule has 1 aromatic heterocycles. The average molecular weight is 267 g/mol. The van der Waals surface area contributed by atoms with Crippen LogP contribution in [-0.4, -0.2) is 4.98 Å². The van der Waals surface area contributed by atoms with Crippen LogP contribution in [0.3, 0.4) is 0 Å². The molecule has 0 amide bonds. The number of nitrogens with one attached hydrogen (secondary N) is 1. The van der Waals surface area contributed by atoms with Gasteiger partial charge >= 0.3 is 6.18 Å². The van der Waals surface area contributed by atoms with Crippen LogP contribution in [0.15, 0.2) is 36.5 Å². The molecule has 3 N–H and O–H groups in total. The average Bonchev–Trinajstić information content (AvgIpc) is 2.33. The predicted octanol–water partition coefficient (Wildman–Crippen LogP) is 3.73. The molecule has 1 heterocycles. The van der Waals surface area contributed by atoms with Gasteiger partial charge in [-0.1, -0.05) is 6.07 Å². The molecule has 0 saturated heterocycles. The summed E-state index contributed by atoms with van der Waals surface area (Å²) in [6, 6.07) is 7.54. The van der Waals surface area contributed by atoms with Crippen molar-refractivity contribution >= 4 is 17.2 Å². The number of hydrogen-bond donors (Lipinski definition) is 2. The number of aryl methyl sites for hydroxylation is 1. The van der Waals surface area contributed by atoms with Crippen LogP contribution in [0.4, 0.5) is 30.4 Å². The Kier molecular flexibility index (Phi) is 3.33. The topological polar surface area (TPSA) is 50.9 Å². The van der Waals surface area contributed by atoms with Gasteiger partial charge in [-0.2, -0.15) is 13.2 Å². The van der Waals surface area contributed by atoms with E-state index in [-0.39, 0.29) is 0 Å². The van der Waals surface area contributed by atoms with Crippen LogP contribution in [-0.2, 0) is 6.18 Å². The highest BCUT2D eigenvalue weighted by Gasteiger charge is 2.30. The summed E-state index contributed by atoms with van der Waals surface area (Å²) in [5.74, 6) is 0.335. The summed E-state index contributed by atoms with van der Waals surface area (Å²) in [5, 5.41) is 2.93. The zero-order valence-corrected chi connectivity index (χ0v) is 10.1. The highest BCUT2D eigenvalue weighted by atomic mass is 19.4. The standard InChI is InChI=1S/C13H12F3N3/c1-8-2-4-10(17)6-11(8)19-12-5-3-9(7-18-12)13(14,15)16/h2-7H,17H2,1H3,(H,18,19). The van der Waals surface area contributed by atoms with Crippen molar-refractivity contribution in [3.8, 4) is 0 Å². The highest BCUT2D eigenvalue weighted by Crippen LogP contribution is 2.29. The van der Waals surface area contributed by atoms with E-state index in [2.05, 4.69) is 10.3 Å². The Morgan fingerprint density at radius 1 is 1.16 bits per heavy atom. The van der Waals surface area contributed by atoms with E-state index in [0.717, 1.165) is 17.8 Å². The SMILES string of the molecule is Cc1ccc(N)cc1Nc1ccc(C(F)(F)F)cn1. The smallest absolute Gasteiger partial charge is 0.399 e. The third kappa shape index (κ3) is 3.15. The predicted molar refractivity (Wildman–Crippen MR) is 68.1 cm³/mol. The summed E-state index contributed by atoms with van der Waals surface area (Å²) >= 11 is 0. The lowest BCUT2D eigenvalue weighted by molar-refractivity contribution is -0.137. The first kappa shape index (κ1) is 13.2. The van der Waals surface area contributed by atoms with Gasteiger partial charge < -0.3 is 11.1 Å². The summed E-state index contributed by atoms with van der Waals surface area (Å²) < 4.78 is 37.2. The van der Waals surface area contributed by atoms with Gasteiger partial charge in [0.2, 0.25) is 0 Å². The Hall–Kier alpha value is -2.24. The molecule has 0 atom stereocenters. The molecule has 2 aromatic rings. The number of benzene rings is 1. The van der Waals surface area contributed by atoms with Crippen molar-refractivity contribution in [3.63, 3.8) is 0 Å². The first-order chi connectivity index (χ1) is 8.86. The monoisotopic (exact) mass is 267 g/mol. The van der Waals surface area contributed by atoms with Crippen LogP contribution in [0.25, 0.3) is 0 Å². The number of anilines is 3. The van der Waals surface area contributed by atoms with E-state index in [0.29, 0.717) is 17.2 Å². The molecule has 0 fully saturated rings. The first-order valence-corrected chi connectivity index (χ1v) is 5.52. The largest absolute Gasteiger partial charge is 0.417 e. The Morgan fingerprint density at radius 2 is 1.89 bits per heavy atom. The zero-order valence-electron chi connectivity index (χ0n) is 10.1. The Balaban J connectivity index is 2.22. The molecule has 6 heteroatoms. The quantitative estimate of drug-likeness (QED) is 0.815. The molecular weight excluding hydrogens is 255 g/mol. The maximum absolute atomic E-state index is 12.4. The molecule has 0 radical (unpaired) electrons. The van der Waals surface area contributed by atoms with E-state index in [1.54, 1.807) is 12.1 Å². The lowest BCUT2D eigenvalue weighted by Crippen LogP contribution is -2.06. The van der Waals surface area contributed by atoms with Gasteiger partial charge in [-0.15, -0.1) is 0 Å². The number of nitrogen functional groups attached to an aromatic ring is 1. The second kappa shape index (κ2) is 4.79. The molecule has 3 nitrogen and oxygen atoms in total. The molecule has 0 spiro atoms. The third-order valence-corrected chi connectivity index (χ3v) is 2.62. The second-order valence-corrected chi connectivity index (χ2v) is 4.13. The zero-order chi connectivity index (χ0) is 14.0.